The molecule has 3 amide bonds. The molecular formula is C27H24ClFN2O4. The Hall–Kier alpha value is -3.84. The zero-order valence-corrected chi connectivity index (χ0v) is 20.1. The maximum Gasteiger partial charge on any atom is 0.329 e. The first-order valence-corrected chi connectivity index (χ1v) is 11.5. The topological polar surface area (TPSA) is 67.9 Å². The minimum absolute atomic E-state index is 0.0268. The van der Waals surface area contributed by atoms with Gasteiger partial charge in [-0.25, -0.2) is 9.18 Å². The van der Waals surface area contributed by atoms with Crippen LogP contribution in [0.5, 0.6) is 11.5 Å². The summed E-state index contributed by atoms with van der Waals surface area (Å²) in [5.74, 6) is -0.0530. The minimum Gasteiger partial charge on any atom is -0.490 e. The van der Waals surface area contributed by atoms with Gasteiger partial charge in [0.1, 0.15) is 18.1 Å². The molecule has 4 rings (SSSR count). The molecule has 8 heteroatoms. The lowest BCUT2D eigenvalue weighted by molar-refractivity contribution is -0.123. The van der Waals surface area contributed by atoms with E-state index in [0.29, 0.717) is 40.9 Å². The Balaban J connectivity index is 1.54. The van der Waals surface area contributed by atoms with Crippen molar-refractivity contribution in [2.75, 3.05) is 6.61 Å². The number of hydrogen-bond acceptors (Lipinski definition) is 4. The average molecular weight is 495 g/mol. The van der Waals surface area contributed by atoms with Gasteiger partial charge in [0.15, 0.2) is 11.5 Å². The quantitative estimate of drug-likeness (QED) is 0.314. The van der Waals surface area contributed by atoms with Crippen LogP contribution >= 0.6 is 11.6 Å². The van der Waals surface area contributed by atoms with E-state index in [1.807, 2.05) is 38.1 Å². The number of halogens is 2. The van der Waals surface area contributed by atoms with Gasteiger partial charge in [-0.3, -0.25) is 9.69 Å². The number of rotatable bonds is 8. The normalized spacial score (nSPS) is 14.4. The van der Waals surface area contributed by atoms with Gasteiger partial charge in [0.25, 0.3) is 5.91 Å². The third-order valence-corrected chi connectivity index (χ3v) is 5.64. The van der Waals surface area contributed by atoms with Crippen LogP contribution in [0.3, 0.4) is 0 Å². The monoisotopic (exact) mass is 494 g/mol. The summed E-state index contributed by atoms with van der Waals surface area (Å²) >= 11 is 6.51. The number of nitrogens with zero attached hydrogens (tertiary/aromatic N) is 1. The third-order valence-electron chi connectivity index (χ3n) is 5.36. The molecule has 3 aromatic rings. The van der Waals surface area contributed by atoms with E-state index >= 15 is 0 Å². The highest BCUT2D eigenvalue weighted by molar-refractivity contribution is 6.32. The highest BCUT2D eigenvalue weighted by Gasteiger charge is 2.33. The molecular weight excluding hydrogens is 471 g/mol. The van der Waals surface area contributed by atoms with Crippen molar-refractivity contribution in [3.63, 3.8) is 0 Å². The maximum atomic E-state index is 13.2. The van der Waals surface area contributed by atoms with Gasteiger partial charge in [-0.15, -0.1) is 0 Å². The molecule has 180 valence electrons. The van der Waals surface area contributed by atoms with Crippen molar-refractivity contribution in [2.24, 2.45) is 0 Å². The first kappa shape index (κ1) is 24.3. The van der Waals surface area contributed by atoms with Crippen molar-refractivity contribution >= 4 is 29.6 Å². The van der Waals surface area contributed by atoms with Gasteiger partial charge in [0, 0.05) is 0 Å². The Morgan fingerprint density at radius 3 is 2.37 bits per heavy atom. The molecule has 1 N–H and O–H groups in total. The first-order chi connectivity index (χ1) is 16.8. The number of ether oxygens (including phenoxy) is 2. The Bertz CT molecular complexity index is 1270. The van der Waals surface area contributed by atoms with Gasteiger partial charge in [0.2, 0.25) is 0 Å². The van der Waals surface area contributed by atoms with Crippen molar-refractivity contribution in [3.05, 3.63) is 99.5 Å². The van der Waals surface area contributed by atoms with E-state index in [-0.39, 0.29) is 18.1 Å². The zero-order valence-electron chi connectivity index (χ0n) is 19.3. The van der Waals surface area contributed by atoms with E-state index < -0.39 is 11.9 Å². The molecule has 0 atom stereocenters. The fourth-order valence-corrected chi connectivity index (χ4v) is 3.84. The zero-order chi connectivity index (χ0) is 24.9. The predicted molar refractivity (Wildman–Crippen MR) is 132 cm³/mol. The number of carbonyl (C=O) groups is 2. The van der Waals surface area contributed by atoms with E-state index in [4.69, 9.17) is 21.1 Å². The highest BCUT2D eigenvalue weighted by atomic mass is 35.5. The minimum atomic E-state index is -0.556. The van der Waals surface area contributed by atoms with Gasteiger partial charge in [-0.05, 0) is 60.9 Å². The van der Waals surface area contributed by atoms with E-state index in [1.54, 1.807) is 12.1 Å². The third kappa shape index (κ3) is 5.81. The summed E-state index contributed by atoms with van der Waals surface area (Å²) in [7, 11) is 0. The van der Waals surface area contributed by atoms with Crippen molar-refractivity contribution in [3.8, 4) is 11.5 Å². The summed E-state index contributed by atoms with van der Waals surface area (Å²) in [6.45, 7) is 4.59. The summed E-state index contributed by atoms with van der Waals surface area (Å²) in [5.41, 5.74) is 3.44. The summed E-state index contributed by atoms with van der Waals surface area (Å²) in [6.07, 6.45) is 1.53. The van der Waals surface area contributed by atoms with Gasteiger partial charge >= 0.3 is 6.03 Å². The van der Waals surface area contributed by atoms with Crippen LogP contribution in [0.4, 0.5) is 9.18 Å². The highest BCUT2D eigenvalue weighted by Crippen LogP contribution is 2.38. The van der Waals surface area contributed by atoms with Crippen molar-refractivity contribution in [1.82, 2.24) is 10.2 Å². The number of benzene rings is 3. The van der Waals surface area contributed by atoms with Gasteiger partial charge < -0.3 is 14.8 Å². The molecule has 35 heavy (non-hydrogen) atoms. The molecule has 3 aromatic carbocycles. The molecule has 0 aliphatic carbocycles. The smallest absolute Gasteiger partial charge is 0.329 e. The Kier molecular flexibility index (Phi) is 7.36. The van der Waals surface area contributed by atoms with Crippen LogP contribution in [-0.2, 0) is 17.9 Å². The lowest BCUT2D eigenvalue weighted by atomic mass is 10.1. The standard InChI is InChI=1S/C27H24ClFN2O4/c1-3-34-24-14-20(12-22(28)25(24)35-16-19-6-4-17(2)5-7-19)13-23-26(32)31(27(33)30-23)15-18-8-10-21(29)11-9-18/h4-14H,3,15-16H2,1-2H3,(H,30,33)/b23-13+. The molecule has 1 aliphatic heterocycles. The Labute approximate surface area is 207 Å². The lowest BCUT2D eigenvalue weighted by Gasteiger charge is -2.15. The number of hydrogen-bond donors (Lipinski definition) is 1. The van der Waals surface area contributed by atoms with Crippen LogP contribution < -0.4 is 14.8 Å². The molecule has 0 spiro atoms. The van der Waals surface area contributed by atoms with Crippen LogP contribution in [0, 0.1) is 12.7 Å². The number of aryl methyl sites for hydroxylation is 1. The molecule has 0 unspecified atom stereocenters. The molecule has 1 aliphatic rings. The van der Waals surface area contributed by atoms with Crippen molar-refractivity contribution < 1.29 is 23.5 Å². The lowest BCUT2D eigenvalue weighted by Crippen LogP contribution is -2.30. The number of imide groups is 1. The Morgan fingerprint density at radius 1 is 1.00 bits per heavy atom. The Morgan fingerprint density at radius 2 is 1.69 bits per heavy atom. The van der Waals surface area contributed by atoms with Crippen LogP contribution in [-0.4, -0.2) is 23.4 Å². The molecule has 0 aromatic heterocycles. The van der Waals surface area contributed by atoms with E-state index in [1.165, 1.54) is 30.3 Å². The molecule has 1 fully saturated rings. The van der Waals surface area contributed by atoms with Gasteiger partial charge in [-0.1, -0.05) is 53.6 Å². The fraction of sp³-hybridized carbons (Fsp3) is 0.185. The molecule has 0 saturated carbocycles. The van der Waals surface area contributed by atoms with Gasteiger partial charge in [0.05, 0.1) is 18.2 Å². The van der Waals surface area contributed by atoms with Crippen LogP contribution in [0.15, 0.2) is 66.4 Å². The fourth-order valence-electron chi connectivity index (χ4n) is 3.57. The molecule has 1 saturated heterocycles. The second-order valence-electron chi connectivity index (χ2n) is 8.04. The number of urea groups is 1. The number of carbonyl (C=O) groups excluding carboxylic acids is 2. The second kappa shape index (κ2) is 10.6. The predicted octanol–water partition coefficient (Wildman–Crippen LogP) is 5.86. The van der Waals surface area contributed by atoms with Crippen LogP contribution in [0.2, 0.25) is 5.02 Å². The van der Waals surface area contributed by atoms with E-state index in [9.17, 15) is 14.0 Å². The van der Waals surface area contributed by atoms with Gasteiger partial charge in [-0.2, -0.15) is 0 Å². The van der Waals surface area contributed by atoms with Crippen LogP contribution in [0.25, 0.3) is 6.08 Å². The summed E-state index contributed by atoms with van der Waals surface area (Å²) in [5, 5.41) is 2.89. The van der Waals surface area contributed by atoms with E-state index in [2.05, 4.69) is 5.32 Å². The second-order valence-corrected chi connectivity index (χ2v) is 8.45. The summed E-state index contributed by atoms with van der Waals surface area (Å²) in [6, 6.07) is 16.4. The molecule has 0 radical (unpaired) electrons. The molecule has 6 nitrogen and oxygen atoms in total. The van der Waals surface area contributed by atoms with Crippen molar-refractivity contribution in [1.29, 1.82) is 0 Å². The summed E-state index contributed by atoms with van der Waals surface area (Å²) < 4.78 is 24.8. The molecule has 1 heterocycles. The number of amides is 3. The largest absolute Gasteiger partial charge is 0.490 e. The average Bonchev–Trinajstić information content (AvgIpc) is 3.08. The number of nitrogens with one attached hydrogen (secondary N) is 1. The van der Waals surface area contributed by atoms with E-state index in [0.717, 1.165) is 16.0 Å². The molecule has 0 bridgehead atoms. The maximum absolute atomic E-state index is 13.2. The SMILES string of the molecule is CCOc1cc(/C=C2/NC(=O)N(Cc3ccc(F)cc3)C2=O)cc(Cl)c1OCc1ccc(C)cc1. The van der Waals surface area contributed by atoms with Crippen molar-refractivity contribution in [2.45, 2.75) is 27.0 Å². The van der Waals surface area contributed by atoms with Crippen LogP contribution in [0.1, 0.15) is 29.2 Å². The summed E-state index contributed by atoms with van der Waals surface area (Å²) in [4.78, 5) is 26.3. The first-order valence-electron chi connectivity index (χ1n) is 11.1.